The van der Waals surface area contributed by atoms with Gasteiger partial charge in [0.05, 0.1) is 0 Å². The summed E-state index contributed by atoms with van der Waals surface area (Å²) in [5.41, 5.74) is 0. The molecule has 0 aliphatic carbocycles. The molecular weight excluding hydrogens is 160 g/mol. The number of rotatable bonds is 0. The van der Waals surface area contributed by atoms with E-state index in [-0.39, 0.29) is 0 Å². The van der Waals surface area contributed by atoms with Gasteiger partial charge < -0.3 is 0 Å². The van der Waals surface area contributed by atoms with Crippen LogP contribution in [-0.2, 0) is 0 Å². The molecule has 0 atom stereocenters. The monoisotopic (exact) mass is 168 g/mol. The average molecular weight is 168 g/mol. The van der Waals surface area contributed by atoms with Gasteiger partial charge in [-0.2, -0.15) is 0 Å². The lowest BCUT2D eigenvalue weighted by Crippen LogP contribution is -1.29. The van der Waals surface area contributed by atoms with Gasteiger partial charge >= 0.3 is 0 Å². The maximum atomic E-state index is 7.00. The molecule has 8 N–H and O–H groups in total. The lowest BCUT2D eigenvalue weighted by molar-refractivity contribution is -0.176. The second-order valence-electron chi connectivity index (χ2n) is 0. The summed E-state index contributed by atoms with van der Waals surface area (Å²) in [6.07, 6.45) is 0. The summed E-state index contributed by atoms with van der Waals surface area (Å²) < 4.78 is 0. The Bertz CT molecular complexity index is 0. The predicted octanol–water partition coefficient (Wildman–Crippen LogP) is 0.137. The SMILES string of the molecule is O=O.OO.OO.OO.OO. The Morgan fingerprint density at radius 3 is 0.400 bits per heavy atom. The van der Waals surface area contributed by atoms with Crippen molar-refractivity contribution in [3.8, 4) is 0 Å². The van der Waals surface area contributed by atoms with Gasteiger partial charge in [-0.25, -0.2) is 0 Å². The molecular formula is H8O10. The van der Waals surface area contributed by atoms with Crippen molar-refractivity contribution >= 4 is 0 Å². The van der Waals surface area contributed by atoms with Gasteiger partial charge in [0, 0.05) is 9.93 Å². The summed E-state index contributed by atoms with van der Waals surface area (Å²) in [5.74, 6) is 0. The van der Waals surface area contributed by atoms with Gasteiger partial charge in [-0.15, -0.1) is 0 Å². The summed E-state index contributed by atoms with van der Waals surface area (Å²) in [4.78, 5) is 14.0. The van der Waals surface area contributed by atoms with Crippen LogP contribution in [0.25, 0.3) is 0 Å². The highest BCUT2D eigenvalue weighted by molar-refractivity contribution is 4.07. The fraction of sp³-hybridized carbons (Fsp3) is 0. The maximum Gasteiger partial charge on any atom is 0 e. The molecule has 10 heavy (non-hydrogen) atoms. The molecule has 0 saturated carbocycles. The van der Waals surface area contributed by atoms with E-state index in [0.29, 0.717) is 0 Å². The molecule has 68 valence electrons. The van der Waals surface area contributed by atoms with E-state index in [4.69, 9.17) is 52.0 Å². The Morgan fingerprint density at radius 2 is 0.400 bits per heavy atom. The van der Waals surface area contributed by atoms with Crippen molar-refractivity contribution in [3.05, 3.63) is 9.93 Å². The van der Waals surface area contributed by atoms with Crippen molar-refractivity contribution in [2.45, 2.75) is 0 Å². The van der Waals surface area contributed by atoms with Crippen molar-refractivity contribution in [3.63, 3.8) is 0 Å². The molecule has 0 aliphatic rings. The van der Waals surface area contributed by atoms with Crippen LogP contribution in [0.15, 0.2) is 0 Å². The first-order chi connectivity index (χ1) is 5.00. The lowest BCUT2D eigenvalue weighted by Gasteiger charge is -1.25. The molecule has 0 aliphatic heterocycles. The third kappa shape index (κ3) is 554. The van der Waals surface area contributed by atoms with E-state index in [9.17, 15) is 0 Å². The Hall–Kier alpha value is -0.720. The maximum absolute atomic E-state index is 7.00. The van der Waals surface area contributed by atoms with Crippen molar-refractivity contribution in [2.24, 2.45) is 0 Å². The van der Waals surface area contributed by atoms with Crippen molar-refractivity contribution in [1.29, 1.82) is 0 Å². The van der Waals surface area contributed by atoms with E-state index in [2.05, 4.69) is 0 Å². The van der Waals surface area contributed by atoms with Crippen LogP contribution in [0.4, 0.5) is 0 Å². The fourth-order valence-corrected chi connectivity index (χ4v) is 0. The molecule has 0 aromatic carbocycles. The standard InChI is InChI=1S/4H2O2.O2/c5*1-2/h4*1-2H;. The first-order valence-corrected chi connectivity index (χ1v) is 0.967. The second kappa shape index (κ2) is 847. The van der Waals surface area contributed by atoms with Crippen LogP contribution >= 0.6 is 0 Å². The smallest absolute Gasteiger partial charge is 0 e. The predicted molar refractivity (Wildman–Crippen MR) is 27.8 cm³/mol. The summed E-state index contributed by atoms with van der Waals surface area (Å²) >= 11 is 0. The van der Waals surface area contributed by atoms with Crippen molar-refractivity contribution in [2.75, 3.05) is 0 Å². The fourth-order valence-electron chi connectivity index (χ4n) is 0. The van der Waals surface area contributed by atoms with E-state index >= 15 is 0 Å². The molecule has 0 aromatic heterocycles. The normalized spacial score (nSPS) is 2.80. The van der Waals surface area contributed by atoms with Crippen LogP contribution in [0, 0.1) is 9.93 Å². The van der Waals surface area contributed by atoms with E-state index in [1.165, 1.54) is 0 Å². The summed E-state index contributed by atoms with van der Waals surface area (Å²) in [5, 5.41) is 48.0. The topological polar surface area (TPSA) is 196 Å². The zero-order chi connectivity index (χ0) is 10.0. The Kier molecular flexibility index (Phi) is 2940. The Labute approximate surface area is 53.4 Å². The van der Waals surface area contributed by atoms with Crippen LogP contribution in [-0.4, -0.2) is 42.1 Å². The van der Waals surface area contributed by atoms with Crippen LogP contribution in [0.2, 0.25) is 0 Å². The minimum Gasteiger partial charge on any atom is -0.255 e. The number of hydrogen-bond donors (Lipinski definition) is 8. The molecule has 10 nitrogen and oxygen atoms in total. The first kappa shape index (κ1) is 34.7. The quantitative estimate of drug-likeness (QED) is 0.182. The molecule has 0 bridgehead atoms. The van der Waals surface area contributed by atoms with Gasteiger partial charge in [0.25, 0.3) is 0 Å². The second-order valence-corrected chi connectivity index (χ2v) is 0. The van der Waals surface area contributed by atoms with Crippen molar-refractivity contribution < 1.29 is 42.1 Å². The van der Waals surface area contributed by atoms with E-state index in [0.717, 1.165) is 0 Å². The van der Waals surface area contributed by atoms with Gasteiger partial charge in [-0.1, -0.05) is 0 Å². The number of hydrogen-bond acceptors (Lipinski definition) is 10. The third-order valence-electron chi connectivity index (χ3n) is 0. The molecule has 0 rings (SSSR count). The highest BCUT2D eigenvalue weighted by Gasteiger charge is 0.752. The Balaban J connectivity index is -0.0000000104. The van der Waals surface area contributed by atoms with Gasteiger partial charge in [-0.05, 0) is 0 Å². The molecule has 0 heterocycles. The molecule has 0 amide bonds. The first-order valence-electron chi connectivity index (χ1n) is 0.967. The van der Waals surface area contributed by atoms with Gasteiger partial charge in [-0.3, -0.25) is 42.1 Å². The Morgan fingerprint density at radius 1 is 0.400 bits per heavy atom. The van der Waals surface area contributed by atoms with Crippen LogP contribution < -0.4 is 0 Å². The van der Waals surface area contributed by atoms with E-state index < -0.39 is 0 Å². The largest absolute Gasteiger partial charge is 0.255 e. The van der Waals surface area contributed by atoms with E-state index in [1.54, 1.807) is 0 Å². The zero-order valence-corrected chi connectivity index (χ0v) is 4.39. The lowest BCUT2D eigenvalue weighted by atomic mass is 15.0. The molecule has 0 spiro atoms. The minimum atomic E-state index is 6.00. The van der Waals surface area contributed by atoms with Gasteiger partial charge in [0.2, 0.25) is 0 Å². The summed E-state index contributed by atoms with van der Waals surface area (Å²) in [6.45, 7) is 0. The highest BCUT2D eigenvalue weighted by Crippen LogP contribution is 0.741. The molecule has 0 fully saturated rings. The molecule has 10 heteroatoms. The highest BCUT2D eigenvalue weighted by atomic mass is 17.0. The molecule has 0 unspecified atom stereocenters. The molecule has 0 aromatic rings. The van der Waals surface area contributed by atoms with Crippen LogP contribution in [0.1, 0.15) is 0 Å². The zero-order valence-electron chi connectivity index (χ0n) is 4.39. The molecule has 0 saturated heterocycles. The van der Waals surface area contributed by atoms with Crippen LogP contribution in [0.5, 0.6) is 0 Å². The summed E-state index contributed by atoms with van der Waals surface area (Å²) in [6, 6.07) is 0. The van der Waals surface area contributed by atoms with E-state index in [1.807, 2.05) is 0 Å². The van der Waals surface area contributed by atoms with Crippen molar-refractivity contribution in [1.82, 2.24) is 0 Å². The average Bonchev–Trinajstić information content (AvgIpc) is 2.20. The third-order valence-corrected chi connectivity index (χ3v) is 0. The molecule has 0 radical (unpaired) electrons. The summed E-state index contributed by atoms with van der Waals surface area (Å²) in [7, 11) is 0. The van der Waals surface area contributed by atoms with Crippen LogP contribution in [0.3, 0.4) is 0 Å². The van der Waals surface area contributed by atoms with Gasteiger partial charge in [0.15, 0.2) is 0 Å². The van der Waals surface area contributed by atoms with Gasteiger partial charge in [0.1, 0.15) is 0 Å². The minimum absolute atomic E-state index is 6.00.